The highest BCUT2D eigenvalue weighted by Crippen LogP contribution is 2.36. The number of nitro groups is 1. The lowest BCUT2D eigenvalue weighted by Gasteiger charge is -2.14. The Balaban J connectivity index is 2.18. The van der Waals surface area contributed by atoms with Gasteiger partial charge in [-0.25, -0.2) is 4.68 Å². The van der Waals surface area contributed by atoms with Gasteiger partial charge in [0, 0.05) is 24.3 Å². The van der Waals surface area contributed by atoms with Crippen molar-refractivity contribution in [2.24, 2.45) is 7.05 Å². The van der Waals surface area contributed by atoms with E-state index in [1.165, 1.54) is 6.42 Å². The Morgan fingerprint density at radius 2 is 2.24 bits per heavy atom. The molecule has 7 heteroatoms. The van der Waals surface area contributed by atoms with Crippen LogP contribution in [0.2, 0.25) is 0 Å². The summed E-state index contributed by atoms with van der Waals surface area (Å²) in [6.45, 7) is 6.04. The van der Waals surface area contributed by atoms with Crippen LogP contribution in [-0.2, 0) is 7.05 Å². The van der Waals surface area contributed by atoms with Crippen molar-refractivity contribution in [2.75, 3.05) is 11.1 Å². The molecule has 2 atom stereocenters. The van der Waals surface area contributed by atoms with E-state index in [1.54, 1.807) is 11.7 Å². The van der Waals surface area contributed by atoms with E-state index < -0.39 is 0 Å². The lowest BCUT2D eigenvalue weighted by molar-refractivity contribution is -0.384. The summed E-state index contributed by atoms with van der Waals surface area (Å²) in [5.41, 5.74) is 0.696. The quantitative estimate of drug-likeness (QED) is 0.642. The van der Waals surface area contributed by atoms with Crippen LogP contribution in [0.25, 0.3) is 0 Å². The van der Waals surface area contributed by atoms with Crippen LogP contribution in [-0.4, -0.2) is 31.7 Å². The molecule has 21 heavy (non-hydrogen) atoms. The second-order valence-corrected chi connectivity index (χ2v) is 7.43. The van der Waals surface area contributed by atoms with E-state index >= 15 is 0 Å². The number of hydrogen-bond acceptors (Lipinski definition) is 5. The van der Waals surface area contributed by atoms with E-state index in [0.717, 1.165) is 18.6 Å². The van der Waals surface area contributed by atoms with Gasteiger partial charge in [-0.3, -0.25) is 10.1 Å². The molecule has 1 N–H and O–H groups in total. The molecular formula is C14H24N4O2S. The van der Waals surface area contributed by atoms with Crippen LogP contribution in [0.1, 0.15) is 51.6 Å². The highest BCUT2D eigenvalue weighted by atomic mass is 32.2. The Morgan fingerprint density at radius 3 is 2.81 bits per heavy atom. The minimum atomic E-state index is -0.308. The van der Waals surface area contributed by atoms with Gasteiger partial charge in [0.2, 0.25) is 5.82 Å². The number of thioether (sulfide) groups is 1. The summed E-state index contributed by atoms with van der Waals surface area (Å²) in [5.74, 6) is 1.72. The molecule has 0 saturated heterocycles. The fourth-order valence-electron chi connectivity index (χ4n) is 2.92. The summed E-state index contributed by atoms with van der Waals surface area (Å²) in [4.78, 5) is 11.1. The summed E-state index contributed by atoms with van der Waals surface area (Å²) >= 11 is 1.98. The number of hydrogen-bond donors (Lipinski definition) is 1. The van der Waals surface area contributed by atoms with E-state index in [-0.39, 0.29) is 16.5 Å². The second-order valence-electron chi connectivity index (χ2n) is 5.85. The monoisotopic (exact) mass is 312 g/mol. The van der Waals surface area contributed by atoms with Crippen molar-refractivity contribution in [1.29, 1.82) is 0 Å². The molecule has 0 aromatic carbocycles. The van der Waals surface area contributed by atoms with Crippen molar-refractivity contribution in [2.45, 2.75) is 57.2 Å². The van der Waals surface area contributed by atoms with Gasteiger partial charge < -0.3 is 5.32 Å². The predicted molar refractivity (Wildman–Crippen MR) is 87.1 cm³/mol. The van der Waals surface area contributed by atoms with Gasteiger partial charge in [0.1, 0.15) is 5.69 Å². The van der Waals surface area contributed by atoms with Gasteiger partial charge in [-0.2, -0.15) is 16.9 Å². The zero-order valence-corrected chi connectivity index (χ0v) is 13.9. The van der Waals surface area contributed by atoms with Crippen molar-refractivity contribution in [3.05, 3.63) is 15.8 Å². The summed E-state index contributed by atoms with van der Waals surface area (Å²) < 4.78 is 1.62. The van der Waals surface area contributed by atoms with Crippen molar-refractivity contribution in [3.63, 3.8) is 0 Å². The molecule has 0 amide bonds. The van der Waals surface area contributed by atoms with E-state index in [0.29, 0.717) is 22.8 Å². The first kappa shape index (κ1) is 16.1. The fourth-order valence-corrected chi connectivity index (χ4v) is 4.06. The Labute approximate surface area is 129 Å². The van der Waals surface area contributed by atoms with Crippen molar-refractivity contribution in [1.82, 2.24) is 9.78 Å². The molecule has 118 valence electrons. The summed E-state index contributed by atoms with van der Waals surface area (Å²) in [6.07, 6.45) is 3.31. The Kier molecular flexibility index (Phi) is 5.13. The average Bonchev–Trinajstić information content (AvgIpc) is 2.96. The van der Waals surface area contributed by atoms with E-state index in [2.05, 4.69) is 17.3 Å². The van der Waals surface area contributed by atoms with Crippen molar-refractivity contribution in [3.8, 4) is 0 Å². The maximum absolute atomic E-state index is 11.4. The van der Waals surface area contributed by atoms with Gasteiger partial charge in [-0.1, -0.05) is 20.8 Å². The van der Waals surface area contributed by atoms with Gasteiger partial charge >= 0.3 is 5.69 Å². The van der Waals surface area contributed by atoms with Crippen LogP contribution in [0.4, 0.5) is 11.5 Å². The second kappa shape index (κ2) is 6.68. The number of nitrogens with one attached hydrogen (secondary N) is 1. The van der Waals surface area contributed by atoms with Crippen LogP contribution in [0.15, 0.2) is 0 Å². The van der Waals surface area contributed by atoms with Crippen molar-refractivity contribution < 1.29 is 4.92 Å². The number of anilines is 1. The Morgan fingerprint density at radius 1 is 1.52 bits per heavy atom. The lowest BCUT2D eigenvalue weighted by Crippen LogP contribution is -2.19. The topological polar surface area (TPSA) is 73.0 Å². The van der Waals surface area contributed by atoms with Crippen LogP contribution >= 0.6 is 11.8 Å². The fraction of sp³-hybridized carbons (Fsp3) is 0.786. The Bertz CT molecular complexity index is 515. The van der Waals surface area contributed by atoms with Gasteiger partial charge in [0.25, 0.3) is 0 Å². The highest BCUT2D eigenvalue weighted by Gasteiger charge is 2.32. The summed E-state index contributed by atoms with van der Waals surface area (Å²) in [6, 6.07) is 0.308. The summed E-state index contributed by atoms with van der Waals surface area (Å²) in [7, 11) is 1.77. The normalized spacial score (nSPS) is 22.0. The van der Waals surface area contributed by atoms with E-state index in [1.807, 2.05) is 25.6 Å². The largest absolute Gasteiger partial charge is 0.362 e. The van der Waals surface area contributed by atoms with E-state index in [4.69, 9.17) is 0 Å². The molecule has 0 aliphatic heterocycles. The number of rotatable bonds is 6. The molecule has 0 spiro atoms. The molecule has 1 aromatic heterocycles. The smallest absolute Gasteiger partial charge is 0.334 e. The van der Waals surface area contributed by atoms with Crippen LogP contribution in [0, 0.1) is 10.1 Å². The lowest BCUT2D eigenvalue weighted by atomic mass is 10.1. The van der Waals surface area contributed by atoms with E-state index in [9.17, 15) is 10.1 Å². The SMILES string of the molecule is CCSC1CCC(Nc2c([N+](=O)[O-])c(C(C)C)nn2C)C1. The number of aromatic nitrogens is 2. The van der Waals surface area contributed by atoms with Crippen LogP contribution in [0.5, 0.6) is 0 Å². The minimum Gasteiger partial charge on any atom is -0.362 e. The van der Waals surface area contributed by atoms with Gasteiger partial charge in [0.15, 0.2) is 0 Å². The third kappa shape index (κ3) is 3.51. The van der Waals surface area contributed by atoms with Gasteiger partial charge in [0.05, 0.1) is 4.92 Å². The van der Waals surface area contributed by atoms with Gasteiger partial charge in [-0.15, -0.1) is 0 Å². The Hall–Kier alpha value is -1.24. The standard InChI is InChI=1S/C14H24N4O2S/c1-5-21-11-7-6-10(8-11)15-14-13(18(19)20)12(9(2)3)16-17(14)4/h9-11,15H,5-8H2,1-4H3. The molecule has 1 aromatic rings. The number of nitrogens with zero attached hydrogens (tertiary/aromatic N) is 3. The van der Waals surface area contributed by atoms with Gasteiger partial charge in [-0.05, 0) is 25.0 Å². The first-order valence-corrected chi connectivity index (χ1v) is 8.58. The van der Waals surface area contributed by atoms with Crippen LogP contribution in [0.3, 0.4) is 0 Å². The molecule has 2 rings (SSSR count). The minimum absolute atomic E-state index is 0.0409. The maximum Gasteiger partial charge on any atom is 0.334 e. The predicted octanol–water partition coefficient (Wildman–Crippen LogP) is 3.54. The molecular weight excluding hydrogens is 288 g/mol. The highest BCUT2D eigenvalue weighted by molar-refractivity contribution is 7.99. The number of aryl methyl sites for hydroxylation is 1. The average molecular weight is 312 g/mol. The molecule has 0 radical (unpaired) electrons. The maximum atomic E-state index is 11.4. The third-order valence-electron chi connectivity index (χ3n) is 3.91. The van der Waals surface area contributed by atoms with Crippen LogP contribution < -0.4 is 5.32 Å². The first-order chi connectivity index (χ1) is 9.93. The zero-order chi connectivity index (χ0) is 15.6. The zero-order valence-electron chi connectivity index (χ0n) is 13.1. The molecule has 1 saturated carbocycles. The molecule has 2 unspecified atom stereocenters. The summed E-state index contributed by atoms with van der Waals surface area (Å²) in [5, 5.41) is 19.8. The molecule has 0 bridgehead atoms. The molecule has 1 aliphatic rings. The molecule has 6 nitrogen and oxygen atoms in total. The molecule has 1 fully saturated rings. The first-order valence-electron chi connectivity index (χ1n) is 7.53. The third-order valence-corrected chi connectivity index (χ3v) is 5.14. The molecule has 1 heterocycles. The molecule has 1 aliphatic carbocycles. The van der Waals surface area contributed by atoms with Crippen molar-refractivity contribution >= 4 is 23.3 Å².